The molecular formula is C13H16FN3O. The molecule has 18 heavy (non-hydrogen) atoms. The van der Waals surface area contributed by atoms with Gasteiger partial charge in [0.25, 0.3) is 5.89 Å². The third-order valence-electron chi connectivity index (χ3n) is 3.02. The van der Waals surface area contributed by atoms with Crippen molar-refractivity contribution >= 4 is 0 Å². The lowest BCUT2D eigenvalue weighted by atomic mass is 10.00. The van der Waals surface area contributed by atoms with Gasteiger partial charge >= 0.3 is 0 Å². The van der Waals surface area contributed by atoms with Gasteiger partial charge in [-0.05, 0) is 32.4 Å². The van der Waals surface area contributed by atoms with Gasteiger partial charge in [0.2, 0.25) is 0 Å². The zero-order valence-corrected chi connectivity index (χ0v) is 10.7. The van der Waals surface area contributed by atoms with Gasteiger partial charge < -0.3 is 10.3 Å². The molecule has 2 N–H and O–H groups in total. The fourth-order valence-corrected chi connectivity index (χ4v) is 1.53. The summed E-state index contributed by atoms with van der Waals surface area (Å²) in [4.78, 5) is 4.18. The van der Waals surface area contributed by atoms with Crippen LogP contribution in [0.25, 0.3) is 11.5 Å². The summed E-state index contributed by atoms with van der Waals surface area (Å²) < 4.78 is 18.8. The molecule has 2 rings (SSSR count). The van der Waals surface area contributed by atoms with Gasteiger partial charge in [-0.25, -0.2) is 4.39 Å². The minimum Gasteiger partial charge on any atom is -0.334 e. The monoisotopic (exact) mass is 249 g/mol. The van der Waals surface area contributed by atoms with Crippen molar-refractivity contribution < 1.29 is 8.91 Å². The molecule has 1 unspecified atom stereocenters. The lowest BCUT2D eigenvalue weighted by Crippen LogP contribution is -2.33. The Labute approximate surface area is 105 Å². The van der Waals surface area contributed by atoms with Crippen LogP contribution in [-0.4, -0.2) is 10.1 Å². The first-order chi connectivity index (χ1) is 8.44. The summed E-state index contributed by atoms with van der Waals surface area (Å²) in [6.07, 6.45) is 0.669. The summed E-state index contributed by atoms with van der Waals surface area (Å²) in [5.41, 5.74) is 6.59. The van der Waals surface area contributed by atoms with Crippen molar-refractivity contribution in [3.05, 3.63) is 35.4 Å². The van der Waals surface area contributed by atoms with Crippen LogP contribution < -0.4 is 5.73 Å². The number of hydrogen-bond acceptors (Lipinski definition) is 4. The highest BCUT2D eigenvalue weighted by atomic mass is 19.1. The van der Waals surface area contributed by atoms with E-state index in [1.807, 2.05) is 20.8 Å². The molecule has 4 nitrogen and oxygen atoms in total. The smallest absolute Gasteiger partial charge is 0.260 e. The van der Waals surface area contributed by atoms with Crippen LogP contribution in [0.2, 0.25) is 0 Å². The van der Waals surface area contributed by atoms with Crippen molar-refractivity contribution in [2.75, 3.05) is 0 Å². The van der Waals surface area contributed by atoms with Gasteiger partial charge in [-0.15, -0.1) is 0 Å². The van der Waals surface area contributed by atoms with Gasteiger partial charge in [0, 0.05) is 0 Å². The maximum atomic E-state index is 13.7. The number of aromatic nitrogens is 2. The number of nitrogens with two attached hydrogens (primary N) is 1. The molecule has 1 aromatic heterocycles. The van der Waals surface area contributed by atoms with Crippen LogP contribution in [0.1, 0.15) is 31.7 Å². The van der Waals surface area contributed by atoms with E-state index < -0.39 is 5.54 Å². The Morgan fingerprint density at radius 2 is 2.17 bits per heavy atom. The summed E-state index contributed by atoms with van der Waals surface area (Å²) in [5, 5.41) is 3.83. The van der Waals surface area contributed by atoms with E-state index in [1.165, 1.54) is 6.07 Å². The first kappa shape index (κ1) is 12.7. The molecule has 0 aliphatic carbocycles. The van der Waals surface area contributed by atoms with Crippen LogP contribution in [0, 0.1) is 12.7 Å². The van der Waals surface area contributed by atoms with E-state index in [4.69, 9.17) is 10.3 Å². The Bertz CT molecular complexity index is 563. The summed E-state index contributed by atoms with van der Waals surface area (Å²) in [6, 6.07) is 4.75. The molecule has 1 aromatic carbocycles. The Hall–Kier alpha value is -1.75. The van der Waals surface area contributed by atoms with Crippen LogP contribution in [0.5, 0.6) is 0 Å². The average molecular weight is 249 g/mol. The lowest BCUT2D eigenvalue weighted by Gasteiger charge is -2.16. The van der Waals surface area contributed by atoms with Gasteiger partial charge in [0.1, 0.15) is 5.82 Å². The molecule has 0 bridgehead atoms. The molecule has 0 saturated carbocycles. The minimum atomic E-state index is -0.665. The molecule has 0 radical (unpaired) electrons. The predicted molar refractivity (Wildman–Crippen MR) is 66.3 cm³/mol. The molecule has 0 amide bonds. The van der Waals surface area contributed by atoms with E-state index in [9.17, 15) is 4.39 Å². The van der Waals surface area contributed by atoms with E-state index in [-0.39, 0.29) is 11.7 Å². The van der Waals surface area contributed by atoms with E-state index in [1.54, 1.807) is 12.1 Å². The highest BCUT2D eigenvalue weighted by Gasteiger charge is 2.26. The first-order valence-corrected chi connectivity index (χ1v) is 5.83. The van der Waals surface area contributed by atoms with Crippen molar-refractivity contribution in [1.29, 1.82) is 0 Å². The maximum absolute atomic E-state index is 13.7. The normalized spacial score (nSPS) is 14.5. The summed E-state index contributed by atoms with van der Waals surface area (Å²) in [6.45, 7) is 5.62. The predicted octanol–water partition coefficient (Wildman–Crippen LogP) is 2.77. The van der Waals surface area contributed by atoms with Crippen LogP contribution in [0.3, 0.4) is 0 Å². The average Bonchev–Trinajstić information content (AvgIpc) is 2.82. The van der Waals surface area contributed by atoms with E-state index >= 15 is 0 Å². The third kappa shape index (κ3) is 2.26. The molecule has 2 aromatic rings. The Morgan fingerprint density at radius 3 is 2.83 bits per heavy atom. The number of halogens is 1. The number of nitrogens with zero attached hydrogens (tertiary/aromatic N) is 2. The molecule has 0 saturated heterocycles. The van der Waals surface area contributed by atoms with Crippen molar-refractivity contribution in [3.8, 4) is 11.5 Å². The number of aryl methyl sites for hydroxylation is 1. The summed E-state index contributed by atoms with van der Waals surface area (Å²) in [5.74, 6) is 0.170. The van der Waals surface area contributed by atoms with Crippen LogP contribution >= 0.6 is 0 Å². The van der Waals surface area contributed by atoms with Gasteiger partial charge in [0.15, 0.2) is 5.82 Å². The second-order valence-electron chi connectivity index (χ2n) is 4.68. The van der Waals surface area contributed by atoms with Crippen molar-refractivity contribution in [1.82, 2.24) is 10.1 Å². The van der Waals surface area contributed by atoms with E-state index in [0.29, 0.717) is 17.8 Å². The maximum Gasteiger partial charge on any atom is 0.260 e. The fraction of sp³-hybridized carbons (Fsp3) is 0.385. The van der Waals surface area contributed by atoms with Crippen molar-refractivity contribution in [2.45, 2.75) is 32.7 Å². The lowest BCUT2D eigenvalue weighted by molar-refractivity contribution is 0.378. The van der Waals surface area contributed by atoms with Crippen LogP contribution in [-0.2, 0) is 5.54 Å². The Morgan fingerprint density at radius 1 is 1.44 bits per heavy atom. The highest BCUT2D eigenvalue weighted by Crippen LogP contribution is 2.25. The second-order valence-corrected chi connectivity index (χ2v) is 4.68. The quantitative estimate of drug-likeness (QED) is 0.908. The highest BCUT2D eigenvalue weighted by molar-refractivity contribution is 5.55. The molecule has 5 heteroatoms. The number of rotatable bonds is 3. The summed E-state index contributed by atoms with van der Waals surface area (Å²) in [7, 11) is 0. The second kappa shape index (κ2) is 4.49. The molecule has 0 spiro atoms. The Kier molecular flexibility index (Phi) is 3.17. The SMILES string of the molecule is CCC(C)(N)c1noc(-c2cc(C)ccc2F)n1. The van der Waals surface area contributed by atoms with E-state index in [0.717, 1.165) is 5.56 Å². The molecule has 0 aliphatic heterocycles. The van der Waals surface area contributed by atoms with Gasteiger partial charge in [0.05, 0.1) is 11.1 Å². The fourth-order valence-electron chi connectivity index (χ4n) is 1.53. The van der Waals surface area contributed by atoms with Gasteiger partial charge in [-0.3, -0.25) is 0 Å². The third-order valence-corrected chi connectivity index (χ3v) is 3.02. The van der Waals surface area contributed by atoms with Crippen molar-refractivity contribution in [3.63, 3.8) is 0 Å². The van der Waals surface area contributed by atoms with Crippen LogP contribution in [0.4, 0.5) is 4.39 Å². The topological polar surface area (TPSA) is 64.9 Å². The van der Waals surface area contributed by atoms with E-state index in [2.05, 4.69) is 10.1 Å². The minimum absolute atomic E-state index is 0.163. The van der Waals surface area contributed by atoms with Gasteiger partial charge in [-0.2, -0.15) is 4.98 Å². The molecule has 0 aliphatic rings. The number of hydrogen-bond donors (Lipinski definition) is 1. The largest absolute Gasteiger partial charge is 0.334 e. The van der Waals surface area contributed by atoms with Crippen molar-refractivity contribution in [2.24, 2.45) is 5.73 Å². The molecule has 0 fully saturated rings. The number of benzene rings is 1. The molecule has 1 heterocycles. The zero-order chi connectivity index (χ0) is 13.3. The van der Waals surface area contributed by atoms with Crippen LogP contribution in [0.15, 0.2) is 22.7 Å². The molecule has 1 atom stereocenters. The first-order valence-electron chi connectivity index (χ1n) is 5.83. The zero-order valence-electron chi connectivity index (χ0n) is 10.7. The standard InChI is InChI=1S/C13H16FN3O/c1-4-13(3,15)12-16-11(18-17-12)9-7-8(2)5-6-10(9)14/h5-7H,4,15H2,1-3H3. The summed E-state index contributed by atoms with van der Waals surface area (Å²) >= 11 is 0. The molecule has 96 valence electrons. The molecular weight excluding hydrogens is 233 g/mol. The Balaban J connectivity index is 2.44. The van der Waals surface area contributed by atoms with Gasteiger partial charge in [-0.1, -0.05) is 23.7 Å².